The fraction of sp³-hybridized carbons (Fsp3) is 0.412. The standard InChI is InChI=1S/C17H24N4OS/c1-13(20(2)3)11-19-16(22)15-7-5-6-14(10-15)12-23-17-18-8-9-21(17)4/h5-10,13H,11-12H2,1-4H3,(H,19,22)/t13-/m1/s1. The molecule has 1 aromatic heterocycles. The molecule has 2 aromatic rings. The van der Waals surface area contributed by atoms with E-state index in [0.717, 1.165) is 16.5 Å². The van der Waals surface area contributed by atoms with Gasteiger partial charge in [-0.2, -0.15) is 0 Å². The van der Waals surface area contributed by atoms with Crippen molar-refractivity contribution in [3.63, 3.8) is 0 Å². The highest BCUT2D eigenvalue weighted by Crippen LogP contribution is 2.21. The lowest BCUT2D eigenvalue weighted by atomic mass is 10.1. The molecule has 1 amide bonds. The summed E-state index contributed by atoms with van der Waals surface area (Å²) in [5, 5.41) is 3.95. The lowest BCUT2D eigenvalue weighted by Gasteiger charge is -2.20. The average Bonchev–Trinajstić information content (AvgIpc) is 2.95. The molecule has 0 unspecified atom stereocenters. The molecule has 0 aliphatic carbocycles. The molecule has 1 N–H and O–H groups in total. The van der Waals surface area contributed by atoms with Crippen LogP contribution < -0.4 is 5.32 Å². The van der Waals surface area contributed by atoms with Crippen LogP contribution in [0.15, 0.2) is 41.8 Å². The van der Waals surface area contributed by atoms with Crippen LogP contribution in [-0.4, -0.2) is 47.0 Å². The van der Waals surface area contributed by atoms with E-state index in [-0.39, 0.29) is 5.91 Å². The lowest BCUT2D eigenvalue weighted by Crippen LogP contribution is -2.38. The summed E-state index contributed by atoms with van der Waals surface area (Å²) in [6.45, 7) is 2.72. The molecule has 0 bridgehead atoms. The minimum absolute atomic E-state index is 0.0254. The smallest absolute Gasteiger partial charge is 0.251 e. The van der Waals surface area contributed by atoms with Crippen LogP contribution in [0.25, 0.3) is 0 Å². The van der Waals surface area contributed by atoms with E-state index in [2.05, 4.69) is 22.1 Å². The van der Waals surface area contributed by atoms with Gasteiger partial charge < -0.3 is 14.8 Å². The molecule has 0 radical (unpaired) electrons. The van der Waals surface area contributed by atoms with E-state index in [0.29, 0.717) is 18.2 Å². The third kappa shape index (κ3) is 5.11. The molecule has 1 heterocycles. The second-order valence-corrected chi connectivity index (χ2v) is 6.77. The number of hydrogen-bond donors (Lipinski definition) is 1. The highest BCUT2D eigenvalue weighted by Gasteiger charge is 2.10. The third-order valence-electron chi connectivity index (χ3n) is 3.77. The zero-order valence-corrected chi connectivity index (χ0v) is 14.9. The van der Waals surface area contributed by atoms with Crippen molar-refractivity contribution in [2.24, 2.45) is 7.05 Å². The predicted octanol–water partition coefficient (Wildman–Crippen LogP) is 2.39. The molecule has 0 saturated carbocycles. The van der Waals surface area contributed by atoms with Gasteiger partial charge in [0.05, 0.1) is 0 Å². The summed E-state index contributed by atoms with van der Waals surface area (Å²) in [6.07, 6.45) is 3.72. The normalized spacial score (nSPS) is 12.4. The Balaban J connectivity index is 1.93. The van der Waals surface area contributed by atoms with Gasteiger partial charge in [-0.05, 0) is 38.7 Å². The van der Waals surface area contributed by atoms with Crippen LogP contribution in [0, 0.1) is 0 Å². The van der Waals surface area contributed by atoms with E-state index >= 15 is 0 Å². The maximum absolute atomic E-state index is 12.3. The van der Waals surface area contributed by atoms with Crippen LogP contribution in [0.5, 0.6) is 0 Å². The number of nitrogens with one attached hydrogen (secondary N) is 1. The number of thioether (sulfide) groups is 1. The molecule has 0 aliphatic heterocycles. The van der Waals surface area contributed by atoms with Gasteiger partial charge in [-0.1, -0.05) is 23.9 Å². The van der Waals surface area contributed by atoms with Crippen LogP contribution in [0.1, 0.15) is 22.8 Å². The molecule has 0 saturated heterocycles. The van der Waals surface area contributed by atoms with Gasteiger partial charge in [-0.15, -0.1) is 0 Å². The number of imidazole rings is 1. The molecule has 1 aromatic carbocycles. The average molecular weight is 332 g/mol. The Bertz CT molecular complexity index is 654. The first kappa shape index (κ1) is 17.6. The van der Waals surface area contributed by atoms with Crippen molar-refractivity contribution in [2.45, 2.75) is 23.9 Å². The van der Waals surface area contributed by atoms with E-state index in [9.17, 15) is 4.79 Å². The van der Waals surface area contributed by atoms with Gasteiger partial charge >= 0.3 is 0 Å². The zero-order valence-electron chi connectivity index (χ0n) is 14.1. The Morgan fingerprint density at radius 3 is 2.87 bits per heavy atom. The van der Waals surface area contributed by atoms with E-state index in [1.165, 1.54) is 0 Å². The van der Waals surface area contributed by atoms with Gasteiger partial charge in [0.15, 0.2) is 5.16 Å². The lowest BCUT2D eigenvalue weighted by molar-refractivity contribution is 0.0943. The first-order valence-electron chi connectivity index (χ1n) is 7.61. The largest absolute Gasteiger partial charge is 0.350 e. The van der Waals surface area contributed by atoms with Crippen LogP contribution in [0.3, 0.4) is 0 Å². The first-order chi connectivity index (χ1) is 11.0. The van der Waals surface area contributed by atoms with Gasteiger partial charge in [0.2, 0.25) is 0 Å². The molecule has 0 fully saturated rings. The molecule has 2 rings (SSSR count). The molecule has 124 valence electrons. The Labute approximate surface area is 142 Å². The summed E-state index contributed by atoms with van der Waals surface area (Å²) >= 11 is 1.66. The molecular weight excluding hydrogens is 308 g/mol. The quantitative estimate of drug-likeness (QED) is 0.791. The number of amides is 1. The molecular formula is C17H24N4OS. The van der Waals surface area contributed by atoms with E-state index in [4.69, 9.17) is 0 Å². The summed E-state index contributed by atoms with van der Waals surface area (Å²) < 4.78 is 1.99. The Morgan fingerprint density at radius 1 is 1.43 bits per heavy atom. The van der Waals surface area contributed by atoms with Crippen molar-refractivity contribution in [2.75, 3.05) is 20.6 Å². The van der Waals surface area contributed by atoms with E-state index < -0.39 is 0 Å². The van der Waals surface area contributed by atoms with Crippen molar-refractivity contribution in [1.29, 1.82) is 0 Å². The fourth-order valence-electron chi connectivity index (χ4n) is 1.97. The van der Waals surface area contributed by atoms with Crippen molar-refractivity contribution >= 4 is 17.7 Å². The third-order valence-corrected chi connectivity index (χ3v) is 4.90. The SMILES string of the molecule is C[C@H](CNC(=O)c1cccc(CSc2nccn2C)c1)N(C)C. The van der Waals surface area contributed by atoms with Gasteiger partial charge in [0.1, 0.15) is 0 Å². The molecule has 0 aliphatic rings. The molecule has 23 heavy (non-hydrogen) atoms. The summed E-state index contributed by atoms with van der Waals surface area (Å²) in [7, 11) is 5.99. The summed E-state index contributed by atoms with van der Waals surface area (Å²) in [6, 6.07) is 8.07. The fourth-order valence-corrected chi connectivity index (χ4v) is 2.84. The van der Waals surface area contributed by atoms with Crippen molar-refractivity contribution in [3.05, 3.63) is 47.8 Å². The van der Waals surface area contributed by atoms with Crippen LogP contribution >= 0.6 is 11.8 Å². The number of benzene rings is 1. The highest BCUT2D eigenvalue weighted by atomic mass is 32.2. The second kappa shape index (κ2) is 8.17. The summed E-state index contributed by atoms with van der Waals surface area (Å²) in [4.78, 5) is 18.6. The van der Waals surface area contributed by atoms with Crippen LogP contribution in [-0.2, 0) is 12.8 Å². The highest BCUT2D eigenvalue weighted by molar-refractivity contribution is 7.98. The zero-order chi connectivity index (χ0) is 16.8. The number of nitrogens with zero attached hydrogens (tertiary/aromatic N) is 3. The number of carbonyl (C=O) groups is 1. The maximum Gasteiger partial charge on any atom is 0.251 e. The second-order valence-electron chi connectivity index (χ2n) is 5.83. The molecule has 5 nitrogen and oxygen atoms in total. The first-order valence-corrected chi connectivity index (χ1v) is 8.59. The maximum atomic E-state index is 12.3. The monoisotopic (exact) mass is 332 g/mol. The minimum atomic E-state index is -0.0254. The molecule has 0 spiro atoms. The summed E-state index contributed by atoms with van der Waals surface area (Å²) in [5.41, 5.74) is 1.82. The Morgan fingerprint density at radius 2 is 2.22 bits per heavy atom. The van der Waals surface area contributed by atoms with Crippen molar-refractivity contribution in [3.8, 4) is 0 Å². The predicted molar refractivity (Wildman–Crippen MR) is 94.7 cm³/mol. The van der Waals surface area contributed by atoms with Gasteiger partial charge in [-0.3, -0.25) is 4.79 Å². The Hall–Kier alpha value is -1.79. The van der Waals surface area contributed by atoms with E-state index in [1.54, 1.807) is 18.0 Å². The number of carbonyl (C=O) groups excluding carboxylic acids is 1. The number of aryl methyl sites for hydroxylation is 1. The van der Waals surface area contributed by atoms with Gasteiger partial charge in [-0.25, -0.2) is 4.98 Å². The summed E-state index contributed by atoms with van der Waals surface area (Å²) in [5.74, 6) is 0.766. The van der Waals surface area contributed by atoms with Crippen LogP contribution in [0.4, 0.5) is 0 Å². The Kier molecular flexibility index (Phi) is 6.24. The van der Waals surface area contributed by atoms with Crippen molar-refractivity contribution < 1.29 is 4.79 Å². The number of aromatic nitrogens is 2. The number of likely N-dealkylation sites (N-methyl/N-ethyl adjacent to an activating group) is 1. The number of rotatable bonds is 7. The molecule has 6 heteroatoms. The van der Waals surface area contributed by atoms with Crippen molar-refractivity contribution in [1.82, 2.24) is 19.8 Å². The molecule has 1 atom stereocenters. The number of hydrogen-bond acceptors (Lipinski definition) is 4. The topological polar surface area (TPSA) is 50.2 Å². The minimum Gasteiger partial charge on any atom is -0.350 e. The van der Waals surface area contributed by atoms with E-state index in [1.807, 2.05) is 56.2 Å². The van der Waals surface area contributed by atoms with Gasteiger partial charge in [0.25, 0.3) is 5.91 Å². The van der Waals surface area contributed by atoms with Crippen LogP contribution in [0.2, 0.25) is 0 Å². The van der Waals surface area contributed by atoms with Gasteiger partial charge in [0, 0.05) is 43.3 Å².